The molecule has 10 heteroatoms. The van der Waals surface area contributed by atoms with Crippen LogP contribution in [-0.4, -0.2) is 50.8 Å². The molecule has 1 radical (unpaired) electrons. The number of fused-ring (bicyclic) bond motifs is 2. The van der Waals surface area contributed by atoms with Gasteiger partial charge in [-0.15, -0.1) is 0 Å². The fourth-order valence-electron chi connectivity index (χ4n) is 3.50. The number of carbonyl (C=O) groups is 1. The molecule has 1 saturated heterocycles. The Hall–Kier alpha value is -1.76. The van der Waals surface area contributed by atoms with Crippen molar-refractivity contribution in [2.45, 2.75) is 38.3 Å². The monoisotopic (exact) mass is 503 g/mol. The average Bonchev–Trinajstić information content (AvgIpc) is 2.86. The van der Waals surface area contributed by atoms with Crippen LogP contribution in [0.15, 0.2) is 0 Å². The van der Waals surface area contributed by atoms with Crippen molar-refractivity contribution in [1.29, 1.82) is 0 Å². The molecule has 0 spiro atoms. The zero-order valence-corrected chi connectivity index (χ0v) is 16.1. The molecule has 2 aromatic heterocycles. The van der Waals surface area contributed by atoms with Crippen LogP contribution in [-0.2, 0) is 25.2 Å². The minimum absolute atomic E-state index is 0. The van der Waals surface area contributed by atoms with E-state index in [4.69, 9.17) is 5.73 Å². The Morgan fingerprint density at radius 1 is 1.42 bits per heavy atom. The topological polar surface area (TPSA) is 123 Å². The Labute approximate surface area is 152 Å². The van der Waals surface area contributed by atoms with Crippen molar-refractivity contribution in [1.82, 2.24) is 20.2 Å². The van der Waals surface area contributed by atoms with Crippen molar-refractivity contribution < 1.29 is 30.3 Å². The van der Waals surface area contributed by atoms with Crippen LogP contribution in [0.4, 0.5) is 17.6 Å². The van der Waals surface area contributed by atoms with Crippen molar-refractivity contribution in [2.24, 2.45) is 0 Å². The molecule has 4 heterocycles. The second kappa shape index (κ2) is 5.65. The van der Waals surface area contributed by atoms with Gasteiger partial charge in [-0.1, -0.05) is 0 Å². The molecule has 0 aromatic carbocycles. The molecular formula is C14H18N7O2Re-. The van der Waals surface area contributed by atoms with Gasteiger partial charge in [0.15, 0.2) is 0 Å². The van der Waals surface area contributed by atoms with Gasteiger partial charge in [0, 0.05) is 33.5 Å². The number of nitrogens with two attached hydrogens (primary N) is 1. The van der Waals surface area contributed by atoms with Gasteiger partial charge < -0.3 is 25.8 Å². The summed E-state index contributed by atoms with van der Waals surface area (Å²) in [6.07, 6.45) is 1.10. The Morgan fingerprint density at radius 2 is 2.17 bits per heavy atom. The van der Waals surface area contributed by atoms with Gasteiger partial charge in [-0.3, -0.25) is 9.69 Å². The van der Waals surface area contributed by atoms with Crippen LogP contribution in [0, 0.1) is 0 Å². The molecule has 1 fully saturated rings. The number of nitrogens with zero attached hydrogens (tertiary/aromatic N) is 6. The summed E-state index contributed by atoms with van der Waals surface area (Å²) >= 11 is 0. The molecule has 2 unspecified atom stereocenters. The van der Waals surface area contributed by atoms with Gasteiger partial charge in [-0.2, -0.15) is 0 Å². The number of amides is 1. The minimum Gasteiger partial charge on any atom is -0.403 e. The molecule has 2 atom stereocenters. The Kier molecular flexibility index (Phi) is 4.02. The van der Waals surface area contributed by atoms with Crippen LogP contribution >= 0.6 is 0 Å². The van der Waals surface area contributed by atoms with E-state index in [1.807, 2.05) is 11.8 Å². The summed E-state index contributed by atoms with van der Waals surface area (Å²) < 4.78 is 0. The van der Waals surface area contributed by atoms with Crippen molar-refractivity contribution in [3.63, 3.8) is 0 Å². The van der Waals surface area contributed by atoms with E-state index in [9.17, 15) is 9.90 Å². The van der Waals surface area contributed by atoms with Gasteiger partial charge in [0.1, 0.15) is 23.6 Å². The van der Waals surface area contributed by atoms with Crippen LogP contribution in [0.25, 0.3) is 11.0 Å². The maximum absolute atomic E-state index is 13.0. The summed E-state index contributed by atoms with van der Waals surface area (Å²) in [5, 5.41) is 19.3. The third kappa shape index (κ3) is 2.37. The summed E-state index contributed by atoms with van der Waals surface area (Å²) in [5.41, 5.74) is 5.28. The van der Waals surface area contributed by atoms with Crippen LogP contribution < -0.4 is 20.6 Å². The molecule has 129 valence electrons. The number of hydrogen-bond donors (Lipinski definition) is 2. The zero-order chi connectivity index (χ0) is 16.4. The van der Waals surface area contributed by atoms with Crippen molar-refractivity contribution in [3.05, 3.63) is 0 Å². The summed E-state index contributed by atoms with van der Waals surface area (Å²) in [6.45, 7) is 4.44. The van der Waals surface area contributed by atoms with E-state index in [0.717, 1.165) is 0 Å². The molecule has 3 N–H and O–H groups in total. The second-order valence-corrected chi connectivity index (χ2v) is 6.39. The normalized spacial score (nSPS) is 26.1. The van der Waals surface area contributed by atoms with E-state index in [0.29, 0.717) is 48.6 Å². The first kappa shape index (κ1) is 17.1. The molecule has 4 rings (SSSR count). The van der Waals surface area contributed by atoms with Crippen molar-refractivity contribution in [2.75, 3.05) is 28.6 Å². The fraction of sp³-hybridized carbons (Fsp3) is 0.571. The molecule has 9 nitrogen and oxygen atoms in total. The van der Waals surface area contributed by atoms with Crippen LogP contribution in [0.3, 0.4) is 0 Å². The summed E-state index contributed by atoms with van der Waals surface area (Å²) in [4.78, 5) is 24.9. The van der Waals surface area contributed by atoms with Gasteiger partial charge in [0.25, 0.3) is 5.91 Å². The molecule has 2 aliphatic rings. The van der Waals surface area contributed by atoms with Crippen LogP contribution in [0.5, 0.6) is 0 Å². The Bertz CT molecular complexity index is 806. The zero-order valence-electron chi connectivity index (χ0n) is 13.4. The molecule has 1 amide bonds. The van der Waals surface area contributed by atoms with Gasteiger partial charge in [-0.25, -0.2) is 10.1 Å². The minimum atomic E-state index is -0.891. The number of likely N-dealkylation sites (N-methyl/N-ethyl adjacent to an activating group) is 1. The number of anilines is 3. The van der Waals surface area contributed by atoms with E-state index in [1.54, 1.807) is 11.8 Å². The number of hydrogen-bond acceptors (Lipinski definition) is 7. The standard InChI is InChI=1S/C14H18N7O2.Re/c1-3-20-11-8-9(18-19-11)16-13(15)17-10(8)21-6-14(2,23)5-4-7(21)12(20)22;/h7,23H,3-6H2,1-2H3,(H2-,15,16,17,18,19);/q-1;. The van der Waals surface area contributed by atoms with E-state index >= 15 is 0 Å². The molecule has 2 aliphatic heterocycles. The van der Waals surface area contributed by atoms with E-state index < -0.39 is 5.60 Å². The summed E-state index contributed by atoms with van der Waals surface area (Å²) in [7, 11) is 0. The number of aliphatic hydroxyl groups is 1. The third-order valence-corrected chi connectivity index (χ3v) is 4.59. The van der Waals surface area contributed by atoms with E-state index in [-0.39, 0.29) is 38.3 Å². The Balaban J connectivity index is 0.00000169. The van der Waals surface area contributed by atoms with Crippen molar-refractivity contribution >= 4 is 34.5 Å². The predicted molar refractivity (Wildman–Crippen MR) is 84.1 cm³/mol. The number of piperidine rings is 1. The fourth-order valence-corrected chi connectivity index (χ4v) is 3.50. The van der Waals surface area contributed by atoms with Crippen LogP contribution in [0.2, 0.25) is 0 Å². The first-order valence-electron chi connectivity index (χ1n) is 7.68. The van der Waals surface area contributed by atoms with Gasteiger partial charge in [0.2, 0.25) is 0 Å². The van der Waals surface area contributed by atoms with E-state index in [2.05, 4.69) is 20.2 Å². The average molecular weight is 503 g/mol. The van der Waals surface area contributed by atoms with Crippen LogP contribution in [0.1, 0.15) is 26.7 Å². The SMILES string of the molecule is CCN1C(=O)C2CCC(C)(O)CN2c2nc(N)nc3[n-]nc1c23.[Re]. The largest absolute Gasteiger partial charge is 0.403 e. The summed E-state index contributed by atoms with van der Waals surface area (Å²) in [6, 6.07) is -0.387. The number of aromatic nitrogens is 4. The molecular weight excluding hydrogens is 484 g/mol. The number of nitrogen functional groups attached to an aromatic ring is 1. The molecule has 0 bridgehead atoms. The molecule has 24 heavy (non-hydrogen) atoms. The number of rotatable bonds is 1. The molecule has 0 saturated carbocycles. The van der Waals surface area contributed by atoms with E-state index in [1.165, 1.54) is 0 Å². The maximum atomic E-state index is 13.0. The molecule has 0 aliphatic carbocycles. The first-order valence-corrected chi connectivity index (χ1v) is 7.68. The predicted octanol–water partition coefficient (Wildman–Crippen LogP) is -0.352. The first-order chi connectivity index (χ1) is 10.9. The smallest absolute Gasteiger partial charge is 0.250 e. The maximum Gasteiger partial charge on any atom is 0.250 e. The van der Waals surface area contributed by atoms with Gasteiger partial charge in [-0.05, 0) is 32.3 Å². The Morgan fingerprint density at radius 3 is 2.88 bits per heavy atom. The van der Waals surface area contributed by atoms with Gasteiger partial charge in [0.05, 0.1) is 11.0 Å². The second-order valence-electron chi connectivity index (χ2n) is 6.39. The summed E-state index contributed by atoms with van der Waals surface area (Å²) in [5.74, 6) is 1.03. The van der Waals surface area contributed by atoms with Gasteiger partial charge >= 0.3 is 0 Å². The molecule has 2 aromatic rings. The number of carbonyl (C=O) groups excluding carboxylic acids is 1. The quantitative estimate of drug-likeness (QED) is 0.543. The third-order valence-electron chi connectivity index (χ3n) is 4.59. The van der Waals surface area contributed by atoms with Crippen molar-refractivity contribution in [3.8, 4) is 0 Å².